The topological polar surface area (TPSA) is 96.6 Å². The number of aliphatic hydroxyl groups excluding tert-OH is 1. The van der Waals surface area contributed by atoms with Crippen molar-refractivity contribution in [1.29, 1.82) is 0 Å². The van der Waals surface area contributed by atoms with Gasteiger partial charge in [0, 0.05) is 12.6 Å². The average molecular weight is 279 g/mol. The number of fused-ring (bicyclic) bond motifs is 1. The van der Waals surface area contributed by atoms with E-state index in [1.54, 1.807) is 12.1 Å². The van der Waals surface area contributed by atoms with Crippen LogP contribution in [-0.4, -0.2) is 30.3 Å². The normalized spacial score (nSPS) is 15.3. The third kappa shape index (κ3) is 3.54. The number of hydrogen-bond donors (Lipinski definition) is 4. The lowest BCUT2D eigenvalue weighted by Crippen LogP contribution is -2.26. The van der Waals surface area contributed by atoms with Gasteiger partial charge in [0.15, 0.2) is 6.61 Å². The van der Waals surface area contributed by atoms with Crippen molar-refractivity contribution < 1.29 is 14.6 Å². The van der Waals surface area contributed by atoms with Gasteiger partial charge in [-0.3, -0.25) is 4.79 Å². The van der Waals surface area contributed by atoms with E-state index in [1.807, 2.05) is 0 Å². The molecule has 1 aliphatic heterocycles. The predicted molar refractivity (Wildman–Crippen MR) is 78.9 cm³/mol. The molecule has 1 aromatic carbocycles. The third-order valence-corrected chi connectivity index (χ3v) is 3.06. The quantitative estimate of drug-likeness (QED) is 0.611. The number of carbonyl (C=O) groups is 1. The van der Waals surface area contributed by atoms with Gasteiger partial charge in [0.25, 0.3) is 5.91 Å². The minimum absolute atomic E-state index is 0.00627. The summed E-state index contributed by atoms with van der Waals surface area (Å²) in [6.45, 7) is 4.54. The molecule has 1 heterocycles. The molecule has 1 aromatic rings. The van der Waals surface area contributed by atoms with E-state index in [1.165, 1.54) is 0 Å². The van der Waals surface area contributed by atoms with E-state index in [0.29, 0.717) is 35.3 Å². The van der Waals surface area contributed by atoms with Crippen molar-refractivity contribution in [2.45, 2.75) is 26.4 Å². The van der Waals surface area contributed by atoms with E-state index >= 15 is 0 Å². The summed E-state index contributed by atoms with van der Waals surface area (Å²) < 4.78 is 5.28. The van der Waals surface area contributed by atoms with Crippen LogP contribution in [0.1, 0.15) is 20.3 Å². The fourth-order valence-electron chi connectivity index (χ4n) is 2.15. The minimum atomic E-state index is -0.434. The molecule has 0 spiro atoms. The summed E-state index contributed by atoms with van der Waals surface area (Å²) in [6, 6.07) is 3.40. The van der Waals surface area contributed by atoms with Crippen LogP contribution in [0.4, 0.5) is 17.1 Å². The number of aliphatic hydroxyl groups is 1. The Bertz CT molecular complexity index is 503. The monoisotopic (exact) mass is 279 g/mol. The number of nitrogens with one attached hydrogen (secondary N) is 2. The van der Waals surface area contributed by atoms with Crippen molar-refractivity contribution in [2.24, 2.45) is 5.92 Å². The number of benzene rings is 1. The number of nitrogens with two attached hydrogens (primary N) is 1. The fraction of sp³-hybridized carbons (Fsp3) is 0.500. The molecule has 6 nitrogen and oxygen atoms in total. The van der Waals surface area contributed by atoms with E-state index in [2.05, 4.69) is 24.5 Å². The highest BCUT2D eigenvalue weighted by Crippen LogP contribution is 2.35. The molecule has 20 heavy (non-hydrogen) atoms. The van der Waals surface area contributed by atoms with E-state index in [4.69, 9.17) is 10.5 Å². The van der Waals surface area contributed by atoms with E-state index in [0.717, 1.165) is 6.42 Å². The molecule has 1 amide bonds. The SMILES string of the molecule is CC(C)CC(O)CNc1cc2c(cc1N)OCC(=O)N2. The third-order valence-electron chi connectivity index (χ3n) is 3.06. The largest absolute Gasteiger partial charge is 0.482 e. The van der Waals surface area contributed by atoms with Crippen molar-refractivity contribution in [3.8, 4) is 5.75 Å². The first-order chi connectivity index (χ1) is 9.45. The lowest BCUT2D eigenvalue weighted by atomic mass is 10.1. The molecule has 1 atom stereocenters. The van der Waals surface area contributed by atoms with Gasteiger partial charge in [0.2, 0.25) is 0 Å². The molecule has 0 saturated carbocycles. The Kier molecular flexibility index (Phi) is 4.34. The molecule has 1 aliphatic rings. The van der Waals surface area contributed by atoms with Gasteiger partial charge in [-0.15, -0.1) is 0 Å². The van der Waals surface area contributed by atoms with E-state index in [9.17, 15) is 9.90 Å². The number of carbonyl (C=O) groups excluding carboxylic acids is 1. The number of hydrogen-bond acceptors (Lipinski definition) is 5. The maximum Gasteiger partial charge on any atom is 0.262 e. The molecule has 6 heteroatoms. The first-order valence-corrected chi connectivity index (χ1v) is 6.74. The van der Waals surface area contributed by atoms with E-state index in [-0.39, 0.29) is 12.5 Å². The van der Waals surface area contributed by atoms with Gasteiger partial charge in [0.05, 0.1) is 23.2 Å². The number of amides is 1. The first kappa shape index (κ1) is 14.5. The lowest BCUT2D eigenvalue weighted by Gasteiger charge is -2.21. The number of anilines is 3. The molecule has 0 bridgehead atoms. The Morgan fingerprint density at radius 1 is 1.50 bits per heavy atom. The molecule has 0 aliphatic carbocycles. The Balaban J connectivity index is 2.05. The zero-order valence-electron chi connectivity index (χ0n) is 11.8. The Labute approximate surface area is 118 Å². The Hall–Kier alpha value is -1.95. The first-order valence-electron chi connectivity index (χ1n) is 6.74. The Morgan fingerprint density at radius 3 is 2.95 bits per heavy atom. The molecule has 110 valence electrons. The summed E-state index contributed by atoms with van der Waals surface area (Å²) in [5.41, 5.74) is 7.73. The molecule has 1 unspecified atom stereocenters. The Morgan fingerprint density at radius 2 is 2.25 bits per heavy atom. The average Bonchev–Trinajstić information content (AvgIpc) is 2.36. The van der Waals surface area contributed by atoms with Crippen molar-refractivity contribution in [2.75, 3.05) is 29.5 Å². The number of ether oxygens (including phenoxy) is 1. The number of nitrogen functional groups attached to an aromatic ring is 1. The highest BCUT2D eigenvalue weighted by atomic mass is 16.5. The van der Waals surface area contributed by atoms with Gasteiger partial charge >= 0.3 is 0 Å². The molecule has 2 rings (SSSR count). The molecule has 0 fully saturated rings. The fourth-order valence-corrected chi connectivity index (χ4v) is 2.15. The smallest absolute Gasteiger partial charge is 0.262 e. The van der Waals surface area contributed by atoms with Gasteiger partial charge in [-0.25, -0.2) is 0 Å². The maximum atomic E-state index is 11.3. The second kappa shape index (κ2) is 6.00. The summed E-state index contributed by atoms with van der Waals surface area (Å²) in [4.78, 5) is 11.3. The van der Waals surface area contributed by atoms with Crippen molar-refractivity contribution >= 4 is 23.0 Å². The van der Waals surface area contributed by atoms with E-state index < -0.39 is 6.10 Å². The van der Waals surface area contributed by atoms with Crippen LogP contribution >= 0.6 is 0 Å². The van der Waals surface area contributed by atoms with Crippen LogP contribution in [0.25, 0.3) is 0 Å². The summed E-state index contributed by atoms with van der Waals surface area (Å²) in [7, 11) is 0. The molecule has 0 saturated heterocycles. The van der Waals surface area contributed by atoms with Crippen molar-refractivity contribution in [3.05, 3.63) is 12.1 Å². The zero-order chi connectivity index (χ0) is 14.7. The summed E-state index contributed by atoms with van der Waals surface area (Å²) in [5, 5.41) is 15.7. The van der Waals surface area contributed by atoms with Gasteiger partial charge in [-0.05, 0) is 18.4 Å². The van der Waals surface area contributed by atoms with Crippen molar-refractivity contribution in [1.82, 2.24) is 0 Å². The standard InChI is InChI=1S/C14H21N3O3/c1-8(2)3-9(18)6-16-11-5-12-13(4-10(11)15)20-7-14(19)17-12/h4-5,8-9,16,18H,3,6-7,15H2,1-2H3,(H,17,19). The summed E-state index contributed by atoms with van der Waals surface area (Å²) >= 11 is 0. The van der Waals surface area contributed by atoms with Crippen LogP contribution in [0.2, 0.25) is 0 Å². The minimum Gasteiger partial charge on any atom is -0.482 e. The molecule has 5 N–H and O–H groups in total. The van der Waals surface area contributed by atoms with Crippen molar-refractivity contribution in [3.63, 3.8) is 0 Å². The van der Waals surface area contributed by atoms with Crippen LogP contribution in [0.3, 0.4) is 0 Å². The van der Waals surface area contributed by atoms with Crippen LogP contribution in [-0.2, 0) is 4.79 Å². The molecular formula is C14H21N3O3. The van der Waals surface area contributed by atoms with Gasteiger partial charge in [-0.2, -0.15) is 0 Å². The summed E-state index contributed by atoms with van der Waals surface area (Å²) in [5.74, 6) is 0.809. The molecular weight excluding hydrogens is 258 g/mol. The second-order valence-corrected chi connectivity index (χ2v) is 5.44. The molecule has 0 aromatic heterocycles. The maximum absolute atomic E-state index is 11.3. The van der Waals surface area contributed by atoms with Crippen LogP contribution in [0.5, 0.6) is 5.75 Å². The van der Waals surface area contributed by atoms with Gasteiger partial charge in [-0.1, -0.05) is 13.8 Å². The highest BCUT2D eigenvalue weighted by Gasteiger charge is 2.18. The second-order valence-electron chi connectivity index (χ2n) is 5.44. The molecule has 0 radical (unpaired) electrons. The van der Waals surface area contributed by atoms with Gasteiger partial charge < -0.3 is 26.2 Å². The van der Waals surface area contributed by atoms with Gasteiger partial charge in [0.1, 0.15) is 5.75 Å². The van der Waals surface area contributed by atoms with Crippen LogP contribution in [0.15, 0.2) is 12.1 Å². The lowest BCUT2D eigenvalue weighted by molar-refractivity contribution is -0.118. The van der Waals surface area contributed by atoms with Crippen LogP contribution in [0, 0.1) is 5.92 Å². The zero-order valence-corrected chi connectivity index (χ0v) is 11.8. The summed E-state index contributed by atoms with van der Waals surface area (Å²) in [6.07, 6.45) is 0.286. The highest BCUT2D eigenvalue weighted by molar-refractivity contribution is 5.97. The van der Waals surface area contributed by atoms with Crippen LogP contribution < -0.4 is 21.1 Å². The predicted octanol–water partition coefficient (Wildman–Crippen LogP) is 1.42. The number of rotatable bonds is 5.